The van der Waals surface area contributed by atoms with E-state index in [0.29, 0.717) is 30.1 Å². The quantitative estimate of drug-likeness (QED) is 0.335. The van der Waals surface area contributed by atoms with Gasteiger partial charge in [0.2, 0.25) is 0 Å². The Morgan fingerprint density at radius 1 is 1.33 bits per heavy atom. The van der Waals surface area contributed by atoms with Gasteiger partial charge in [-0.05, 0) is 38.8 Å². The lowest BCUT2D eigenvalue weighted by Crippen LogP contribution is -2.09. The molecule has 2 atom stereocenters. The molecule has 1 fully saturated rings. The van der Waals surface area contributed by atoms with Crippen molar-refractivity contribution in [3.05, 3.63) is 47.6 Å². The molecule has 1 aromatic carbocycles. The Morgan fingerprint density at radius 3 is 2.81 bits per heavy atom. The number of carbonyl (C=O) groups is 1. The van der Waals surface area contributed by atoms with E-state index in [1.165, 1.54) is 0 Å². The Kier molecular flexibility index (Phi) is 8.55. The van der Waals surface area contributed by atoms with Gasteiger partial charge in [-0.1, -0.05) is 37.6 Å². The summed E-state index contributed by atoms with van der Waals surface area (Å²) in [4.78, 5) is 11.0. The summed E-state index contributed by atoms with van der Waals surface area (Å²) in [6.07, 6.45) is 8.85. The van der Waals surface area contributed by atoms with Gasteiger partial charge in [0, 0.05) is 11.1 Å². The smallest absolute Gasteiger partial charge is 0.184 e. The van der Waals surface area contributed by atoms with Gasteiger partial charge in [0.05, 0.1) is 25.9 Å². The molecule has 0 aliphatic carbocycles. The minimum atomic E-state index is -0.426. The van der Waals surface area contributed by atoms with Gasteiger partial charge in [-0.2, -0.15) is 0 Å². The third-order valence-electron chi connectivity index (χ3n) is 4.09. The summed E-state index contributed by atoms with van der Waals surface area (Å²) in [5.41, 5.74) is 1.60. The summed E-state index contributed by atoms with van der Waals surface area (Å²) in [7, 11) is 1.62. The minimum Gasteiger partial charge on any atom is -0.493 e. The van der Waals surface area contributed by atoms with Gasteiger partial charge in [0.15, 0.2) is 17.8 Å². The second kappa shape index (κ2) is 10.9. The van der Waals surface area contributed by atoms with E-state index < -0.39 is 6.29 Å². The molecule has 0 saturated carbocycles. The first-order valence-electron chi connectivity index (χ1n) is 9.50. The molecule has 1 saturated heterocycles. The van der Waals surface area contributed by atoms with Crippen LogP contribution in [0.1, 0.15) is 51.9 Å². The molecule has 1 aliphatic heterocycles. The number of hydrogen-bond donors (Lipinski definition) is 0. The van der Waals surface area contributed by atoms with Crippen LogP contribution in [-0.2, 0) is 14.3 Å². The summed E-state index contributed by atoms with van der Waals surface area (Å²) in [5.74, 6) is 1.36. The first-order valence-corrected chi connectivity index (χ1v) is 9.50. The summed E-state index contributed by atoms with van der Waals surface area (Å²) < 4.78 is 23.0. The third kappa shape index (κ3) is 6.52. The van der Waals surface area contributed by atoms with Crippen molar-refractivity contribution in [1.82, 2.24) is 0 Å². The summed E-state index contributed by atoms with van der Waals surface area (Å²) in [6, 6.07) is 5.69. The van der Waals surface area contributed by atoms with Gasteiger partial charge < -0.3 is 18.9 Å². The molecule has 2 rings (SSSR count). The van der Waals surface area contributed by atoms with Crippen LogP contribution in [0, 0.1) is 0 Å². The standard InChI is InChI=1S/C22H30O5/c1-5-6-8-17(14-23)9-7-10-19-15-25-22(27-19)18-11-12-20(24-4)21(13-18)26-16(2)3/h7-9,11-14,16,19,22H,5-6,10,15H2,1-4H3/b9-7+,17-8+. The van der Waals surface area contributed by atoms with E-state index in [4.69, 9.17) is 18.9 Å². The van der Waals surface area contributed by atoms with Gasteiger partial charge in [0.1, 0.15) is 6.29 Å². The zero-order chi connectivity index (χ0) is 19.6. The fraction of sp³-hybridized carbons (Fsp3) is 0.500. The molecular formula is C22H30O5. The maximum Gasteiger partial charge on any atom is 0.184 e. The molecule has 0 bridgehead atoms. The van der Waals surface area contributed by atoms with Crippen LogP contribution in [0.3, 0.4) is 0 Å². The van der Waals surface area contributed by atoms with Crippen molar-refractivity contribution in [2.75, 3.05) is 13.7 Å². The predicted octanol–water partition coefficient (Wildman–Crippen LogP) is 4.77. The molecule has 5 heteroatoms. The van der Waals surface area contributed by atoms with Crippen LogP contribution in [0.2, 0.25) is 0 Å². The first kappa shape index (κ1) is 21.2. The molecule has 1 aromatic rings. The number of allylic oxidation sites excluding steroid dienone is 3. The van der Waals surface area contributed by atoms with E-state index in [-0.39, 0.29) is 12.2 Å². The number of unbranched alkanes of at least 4 members (excludes halogenated alkanes) is 1. The van der Waals surface area contributed by atoms with E-state index in [0.717, 1.165) is 24.7 Å². The maximum atomic E-state index is 11.0. The monoisotopic (exact) mass is 374 g/mol. The molecule has 5 nitrogen and oxygen atoms in total. The highest BCUT2D eigenvalue weighted by atomic mass is 16.7. The SMILES string of the molecule is CCC/C=C(C=O)\C=C\CC1COC(c2ccc(OC)c(OC(C)C)c2)O1. The molecule has 1 heterocycles. The van der Waals surface area contributed by atoms with Gasteiger partial charge in [-0.25, -0.2) is 0 Å². The topological polar surface area (TPSA) is 54.0 Å². The highest BCUT2D eigenvalue weighted by molar-refractivity contribution is 5.77. The van der Waals surface area contributed by atoms with Crippen LogP contribution < -0.4 is 9.47 Å². The van der Waals surface area contributed by atoms with E-state index in [2.05, 4.69) is 6.92 Å². The predicted molar refractivity (Wildman–Crippen MR) is 105 cm³/mol. The van der Waals surface area contributed by atoms with Gasteiger partial charge in [-0.3, -0.25) is 4.79 Å². The van der Waals surface area contributed by atoms with Crippen LogP contribution in [0.25, 0.3) is 0 Å². The average Bonchev–Trinajstić information content (AvgIpc) is 3.13. The highest BCUT2D eigenvalue weighted by Gasteiger charge is 2.27. The highest BCUT2D eigenvalue weighted by Crippen LogP contribution is 2.35. The summed E-state index contributed by atoms with van der Waals surface area (Å²) in [5, 5.41) is 0. The molecule has 0 N–H and O–H groups in total. The first-order chi connectivity index (χ1) is 13.1. The molecule has 1 aliphatic rings. The summed E-state index contributed by atoms with van der Waals surface area (Å²) >= 11 is 0. The number of carbonyl (C=O) groups excluding carboxylic acids is 1. The fourth-order valence-electron chi connectivity index (χ4n) is 2.75. The molecule has 0 aromatic heterocycles. The van der Waals surface area contributed by atoms with Crippen LogP contribution in [0.4, 0.5) is 0 Å². The van der Waals surface area contributed by atoms with Crippen LogP contribution in [0.5, 0.6) is 11.5 Å². The number of benzene rings is 1. The number of hydrogen-bond acceptors (Lipinski definition) is 5. The molecule has 27 heavy (non-hydrogen) atoms. The second-order valence-electron chi connectivity index (χ2n) is 6.75. The average molecular weight is 374 g/mol. The number of methoxy groups -OCH3 is 1. The lowest BCUT2D eigenvalue weighted by molar-refractivity contribution is -0.104. The summed E-state index contributed by atoms with van der Waals surface area (Å²) in [6.45, 7) is 6.54. The zero-order valence-electron chi connectivity index (χ0n) is 16.6. The second-order valence-corrected chi connectivity index (χ2v) is 6.75. The zero-order valence-corrected chi connectivity index (χ0v) is 16.6. The van der Waals surface area contributed by atoms with Crippen molar-refractivity contribution in [2.45, 2.75) is 58.5 Å². The Balaban J connectivity index is 1.96. The van der Waals surface area contributed by atoms with E-state index >= 15 is 0 Å². The van der Waals surface area contributed by atoms with Crippen LogP contribution in [-0.4, -0.2) is 32.2 Å². The Bertz CT molecular complexity index is 663. The fourth-order valence-corrected chi connectivity index (χ4v) is 2.75. The molecule has 0 spiro atoms. The number of rotatable bonds is 10. The van der Waals surface area contributed by atoms with Crippen molar-refractivity contribution in [3.8, 4) is 11.5 Å². The van der Waals surface area contributed by atoms with Crippen LogP contribution >= 0.6 is 0 Å². The van der Waals surface area contributed by atoms with Gasteiger partial charge in [-0.15, -0.1) is 0 Å². The third-order valence-corrected chi connectivity index (χ3v) is 4.09. The van der Waals surface area contributed by atoms with E-state index in [1.807, 2.05) is 50.3 Å². The Morgan fingerprint density at radius 2 is 2.15 bits per heavy atom. The lowest BCUT2D eigenvalue weighted by Gasteiger charge is -2.17. The lowest BCUT2D eigenvalue weighted by atomic mass is 10.1. The molecule has 148 valence electrons. The van der Waals surface area contributed by atoms with Crippen molar-refractivity contribution in [2.24, 2.45) is 0 Å². The van der Waals surface area contributed by atoms with Gasteiger partial charge in [0.25, 0.3) is 0 Å². The largest absolute Gasteiger partial charge is 0.493 e. The van der Waals surface area contributed by atoms with Crippen molar-refractivity contribution in [1.29, 1.82) is 0 Å². The van der Waals surface area contributed by atoms with Crippen molar-refractivity contribution in [3.63, 3.8) is 0 Å². The number of ether oxygens (including phenoxy) is 4. The maximum absolute atomic E-state index is 11.0. The van der Waals surface area contributed by atoms with E-state index in [9.17, 15) is 4.79 Å². The minimum absolute atomic E-state index is 0.0399. The van der Waals surface area contributed by atoms with Crippen LogP contribution in [0.15, 0.2) is 42.0 Å². The number of aldehydes is 1. The Hall–Kier alpha value is -2.11. The van der Waals surface area contributed by atoms with Gasteiger partial charge >= 0.3 is 0 Å². The normalized spacial score (nSPS) is 20.4. The Labute approximate surface area is 162 Å². The molecule has 2 unspecified atom stereocenters. The van der Waals surface area contributed by atoms with Crippen molar-refractivity contribution < 1.29 is 23.7 Å². The van der Waals surface area contributed by atoms with E-state index in [1.54, 1.807) is 7.11 Å². The molecule has 0 amide bonds. The van der Waals surface area contributed by atoms with Crippen molar-refractivity contribution >= 4 is 6.29 Å². The molecule has 0 radical (unpaired) electrons. The molecular weight excluding hydrogens is 344 g/mol.